The van der Waals surface area contributed by atoms with Gasteiger partial charge in [-0.1, -0.05) is 24.3 Å². The highest BCUT2D eigenvalue weighted by Gasteiger charge is 2.28. The first-order valence-electron chi connectivity index (χ1n) is 12.0. The molecule has 1 atom stereocenters. The second-order valence-electron chi connectivity index (χ2n) is 9.26. The molecule has 2 aromatic carbocycles. The predicted octanol–water partition coefficient (Wildman–Crippen LogP) is 5.46. The van der Waals surface area contributed by atoms with Gasteiger partial charge >= 0.3 is 7.82 Å². The lowest BCUT2D eigenvalue weighted by Crippen LogP contribution is -2.28. The minimum atomic E-state index is -4.46. The number of ketones is 1. The first kappa shape index (κ1) is 24.9. The van der Waals surface area contributed by atoms with Gasteiger partial charge in [-0.05, 0) is 86.8 Å². The molecule has 4 rings (SSSR count). The number of aryl methyl sites for hydroxylation is 2. The van der Waals surface area contributed by atoms with E-state index >= 15 is 0 Å². The summed E-state index contributed by atoms with van der Waals surface area (Å²) in [5, 5.41) is 0. The number of phosphoric acid groups is 1. The molecule has 1 aliphatic heterocycles. The van der Waals surface area contributed by atoms with E-state index in [1.165, 1.54) is 16.7 Å². The monoisotopic (exact) mass is 488 g/mol. The molecule has 184 valence electrons. The SMILES string of the molecule is Cc1ccccc1[C@@H]1CCc2cc(OC3CCC(C(=O)CCCOP(=O)(O)O)CC3)ccc2O1. The van der Waals surface area contributed by atoms with Crippen molar-refractivity contribution in [2.24, 2.45) is 5.92 Å². The zero-order valence-electron chi connectivity index (χ0n) is 19.5. The van der Waals surface area contributed by atoms with Crippen molar-refractivity contribution >= 4 is 13.6 Å². The highest BCUT2D eigenvalue weighted by molar-refractivity contribution is 7.46. The lowest BCUT2D eigenvalue weighted by molar-refractivity contribution is -0.124. The van der Waals surface area contributed by atoms with Crippen molar-refractivity contribution in [2.75, 3.05) is 6.61 Å². The summed E-state index contributed by atoms with van der Waals surface area (Å²) >= 11 is 0. The van der Waals surface area contributed by atoms with Crippen LogP contribution < -0.4 is 9.47 Å². The largest absolute Gasteiger partial charge is 0.490 e. The number of benzene rings is 2. The maximum absolute atomic E-state index is 12.4. The van der Waals surface area contributed by atoms with Gasteiger partial charge in [-0.2, -0.15) is 0 Å². The molecule has 0 saturated heterocycles. The number of Topliss-reactive ketones (excluding diaryl/α,β-unsaturated/α-hetero) is 1. The van der Waals surface area contributed by atoms with Crippen LogP contribution in [0.25, 0.3) is 0 Å². The van der Waals surface area contributed by atoms with Crippen LogP contribution in [0.4, 0.5) is 0 Å². The first-order valence-corrected chi connectivity index (χ1v) is 13.6. The molecule has 34 heavy (non-hydrogen) atoms. The van der Waals surface area contributed by atoms with Crippen molar-refractivity contribution in [1.82, 2.24) is 0 Å². The number of phosphoric ester groups is 1. The summed E-state index contributed by atoms with van der Waals surface area (Å²) in [6, 6.07) is 14.4. The van der Waals surface area contributed by atoms with Crippen LogP contribution in [0, 0.1) is 12.8 Å². The standard InChI is InChI=1S/C26H33O7P/c1-18-5-2-3-6-23(18)26-14-10-20-17-22(13-15-25(20)33-26)32-21-11-8-19(9-12-21)24(27)7-4-16-31-34(28,29)30/h2-3,5-6,13,15,17,19,21,26H,4,7-12,14,16H2,1H3,(H2,28,29,30)/t19?,21?,26-/m0/s1. The van der Waals surface area contributed by atoms with E-state index in [1.807, 2.05) is 18.2 Å². The molecule has 0 bridgehead atoms. The summed E-state index contributed by atoms with van der Waals surface area (Å²) in [6.45, 7) is 2.01. The Bertz CT molecular complexity index is 1040. The van der Waals surface area contributed by atoms with E-state index in [0.717, 1.165) is 50.0 Å². The average Bonchev–Trinajstić information content (AvgIpc) is 2.81. The Morgan fingerprint density at radius 2 is 1.85 bits per heavy atom. The number of hydrogen-bond donors (Lipinski definition) is 2. The molecule has 0 radical (unpaired) electrons. The van der Waals surface area contributed by atoms with Gasteiger partial charge in [0.15, 0.2) is 0 Å². The fourth-order valence-corrected chi connectivity index (χ4v) is 5.30. The van der Waals surface area contributed by atoms with Gasteiger partial charge in [0.05, 0.1) is 12.7 Å². The summed E-state index contributed by atoms with van der Waals surface area (Å²) < 4.78 is 27.6. The van der Waals surface area contributed by atoms with Crippen molar-refractivity contribution in [2.45, 2.75) is 70.5 Å². The number of fused-ring (bicyclic) bond motifs is 1. The lowest BCUT2D eigenvalue weighted by Gasteiger charge is -2.30. The third kappa shape index (κ3) is 6.70. The Hall–Kier alpha value is -2.18. The Morgan fingerprint density at radius 1 is 1.09 bits per heavy atom. The van der Waals surface area contributed by atoms with Crippen LogP contribution in [0.3, 0.4) is 0 Å². The first-order chi connectivity index (χ1) is 16.3. The van der Waals surface area contributed by atoms with E-state index in [2.05, 4.69) is 35.7 Å². The Morgan fingerprint density at radius 3 is 2.59 bits per heavy atom. The smallest absolute Gasteiger partial charge is 0.469 e. The van der Waals surface area contributed by atoms with Crippen LogP contribution >= 0.6 is 7.82 Å². The van der Waals surface area contributed by atoms with Gasteiger partial charge in [-0.25, -0.2) is 4.57 Å². The van der Waals surface area contributed by atoms with Gasteiger partial charge in [-0.3, -0.25) is 9.32 Å². The maximum Gasteiger partial charge on any atom is 0.469 e. The molecule has 0 amide bonds. The van der Waals surface area contributed by atoms with Crippen LogP contribution in [0.15, 0.2) is 42.5 Å². The minimum Gasteiger partial charge on any atom is -0.490 e. The van der Waals surface area contributed by atoms with E-state index in [4.69, 9.17) is 19.3 Å². The van der Waals surface area contributed by atoms with Crippen molar-refractivity contribution < 1.29 is 33.1 Å². The van der Waals surface area contributed by atoms with Gasteiger partial charge < -0.3 is 19.3 Å². The molecule has 0 aromatic heterocycles. The third-order valence-corrected chi connectivity index (χ3v) is 7.29. The predicted molar refractivity (Wildman–Crippen MR) is 128 cm³/mol. The summed E-state index contributed by atoms with van der Waals surface area (Å²) in [5.74, 6) is 1.90. The highest BCUT2D eigenvalue weighted by atomic mass is 31.2. The van der Waals surface area contributed by atoms with Gasteiger partial charge in [0.25, 0.3) is 0 Å². The number of carbonyl (C=O) groups is 1. The van der Waals surface area contributed by atoms with Gasteiger partial charge in [0.1, 0.15) is 23.4 Å². The Labute approximate surface area is 200 Å². The van der Waals surface area contributed by atoms with Crippen LogP contribution in [-0.2, 0) is 20.3 Å². The third-order valence-electron chi connectivity index (χ3n) is 6.77. The highest BCUT2D eigenvalue weighted by Crippen LogP contribution is 2.39. The van der Waals surface area contributed by atoms with E-state index in [1.54, 1.807) is 0 Å². The Balaban J connectivity index is 1.24. The summed E-state index contributed by atoms with van der Waals surface area (Å²) in [5.41, 5.74) is 3.66. The quantitative estimate of drug-likeness (QED) is 0.357. The molecule has 0 spiro atoms. The molecule has 2 aliphatic rings. The van der Waals surface area contributed by atoms with Crippen LogP contribution in [0.5, 0.6) is 11.5 Å². The van der Waals surface area contributed by atoms with E-state index in [-0.39, 0.29) is 36.9 Å². The fraction of sp³-hybridized carbons (Fsp3) is 0.500. The Kier molecular flexibility index (Phi) is 8.10. The van der Waals surface area contributed by atoms with Gasteiger partial charge in [0.2, 0.25) is 0 Å². The van der Waals surface area contributed by atoms with Crippen molar-refractivity contribution in [3.63, 3.8) is 0 Å². The number of carbonyl (C=O) groups excluding carboxylic acids is 1. The van der Waals surface area contributed by atoms with Crippen LogP contribution in [-0.4, -0.2) is 28.3 Å². The maximum atomic E-state index is 12.4. The number of rotatable bonds is 9. The summed E-state index contributed by atoms with van der Waals surface area (Å²) in [4.78, 5) is 29.8. The van der Waals surface area contributed by atoms with Crippen LogP contribution in [0.1, 0.15) is 67.7 Å². The summed E-state index contributed by atoms with van der Waals surface area (Å²) in [6.07, 6.45) is 5.83. The van der Waals surface area contributed by atoms with Crippen molar-refractivity contribution in [1.29, 1.82) is 0 Å². The average molecular weight is 489 g/mol. The second-order valence-corrected chi connectivity index (χ2v) is 10.5. The zero-order chi connectivity index (χ0) is 24.1. The molecule has 7 nitrogen and oxygen atoms in total. The molecular weight excluding hydrogens is 455 g/mol. The van der Waals surface area contributed by atoms with E-state index in [9.17, 15) is 9.36 Å². The van der Waals surface area contributed by atoms with Crippen LogP contribution in [0.2, 0.25) is 0 Å². The van der Waals surface area contributed by atoms with Crippen molar-refractivity contribution in [3.8, 4) is 11.5 Å². The number of hydrogen-bond acceptors (Lipinski definition) is 5. The molecule has 8 heteroatoms. The lowest BCUT2D eigenvalue weighted by atomic mass is 9.83. The molecule has 2 aromatic rings. The topological polar surface area (TPSA) is 102 Å². The number of ether oxygens (including phenoxy) is 2. The van der Waals surface area contributed by atoms with Gasteiger partial charge in [0, 0.05) is 12.3 Å². The molecule has 1 saturated carbocycles. The molecular formula is C26H33O7P. The second kappa shape index (κ2) is 11.0. The minimum absolute atomic E-state index is 0.00906. The molecule has 1 fully saturated rings. The zero-order valence-corrected chi connectivity index (χ0v) is 20.4. The summed E-state index contributed by atoms with van der Waals surface area (Å²) in [7, 11) is -4.46. The van der Waals surface area contributed by atoms with Crippen molar-refractivity contribution in [3.05, 3.63) is 59.2 Å². The molecule has 1 aliphatic carbocycles. The van der Waals surface area contributed by atoms with E-state index in [0.29, 0.717) is 6.42 Å². The molecule has 2 N–H and O–H groups in total. The molecule has 1 heterocycles. The van der Waals surface area contributed by atoms with E-state index < -0.39 is 7.82 Å². The normalized spacial score (nSPS) is 22.5. The fourth-order valence-electron chi connectivity index (χ4n) is 4.93. The molecule has 0 unspecified atom stereocenters. The van der Waals surface area contributed by atoms with Gasteiger partial charge in [-0.15, -0.1) is 0 Å².